The highest BCUT2D eigenvalue weighted by Gasteiger charge is 2.11. The van der Waals surface area contributed by atoms with Crippen molar-refractivity contribution in [3.05, 3.63) is 35.7 Å². The lowest BCUT2D eigenvalue weighted by atomic mass is 10.0. The normalized spacial score (nSPS) is 10.9. The SMILES string of the molecule is CC(C)c1ccc(OCc2nnc(SCC(=O)O)n2C)cc1. The van der Waals surface area contributed by atoms with E-state index in [1.54, 1.807) is 11.6 Å². The van der Waals surface area contributed by atoms with Crippen LogP contribution in [0.25, 0.3) is 0 Å². The highest BCUT2D eigenvalue weighted by atomic mass is 32.2. The molecule has 0 aliphatic heterocycles. The monoisotopic (exact) mass is 321 g/mol. The molecule has 0 spiro atoms. The van der Waals surface area contributed by atoms with E-state index in [-0.39, 0.29) is 12.4 Å². The molecule has 1 aromatic heterocycles. The van der Waals surface area contributed by atoms with Crippen LogP contribution in [0.1, 0.15) is 31.2 Å². The summed E-state index contributed by atoms with van der Waals surface area (Å²) in [6.45, 7) is 4.58. The maximum absolute atomic E-state index is 10.6. The van der Waals surface area contributed by atoms with Gasteiger partial charge < -0.3 is 14.4 Å². The third-order valence-corrected chi connectivity index (χ3v) is 4.17. The van der Waals surface area contributed by atoms with Crippen molar-refractivity contribution in [3.8, 4) is 5.75 Å². The quantitative estimate of drug-likeness (QED) is 0.790. The first kappa shape index (κ1) is 16.4. The molecule has 0 aliphatic carbocycles. The maximum atomic E-state index is 10.6. The van der Waals surface area contributed by atoms with Gasteiger partial charge in [0.05, 0.1) is 5.75 Å². The van der Waals surface area contributed by atoms with Crippen LogP contribution in [0.15, 0.2) is 29.4 Å². The summed E-state index contributed by atoms with van der Waals surface area (Å²) in [5, 5.41) is 17.2. The Bertz CT molecular complexity index is 638. The molecule has 22 heavy (non-hydrogen) atoms. The van der Waals surface area contributed by atoms with Gasteiger partial charge in [-0.2, -0.15) is 0 Å². The van der Waals surface area contributed by atoms with Crippen molar-refractivity contribution in [2.24, 2.45) is 7.05 Å². The van der Waals surface area contributed by atoms with E-state index in [0.29, 0.717) is 16.9 Å². The molecule has 0 aliphatic rings. The topological polar surface area (TPSA) is 77.2 Å². The van der Waals surface area contributed by atoms with Gasteiger partial charge >= 0.3 is 5.97 Å². The zero-order valence-electron chi connectivity index (χ0n) is 12.8. The van der Waals surface area contributed by atoms with Crippen molar-refractivity contribution < 1.29 is 14.6 Å². The van der Waals surface area contributed by atoms with Crippen molar-refractivity contribution in [1.82, 2.24) is 14.8 Å². The Kier molecular flexibility index (Phi) is 5.43. The minimum absolute atomic E-state index is 0.0382. The van der Waals surface area contributed by atoms with Gasteiger partial charge in [0.15, 0.2) is 11.0 Å². The van der Waals surface area contributed by atoms with Gasteiger partial charge in [-0.25, -0.2) is 0 Å². The van der Waals surface area contributed by atoms with Gasteiger partial charge in [-0.15, -0.1) is 10.2 Å². The van der Waals surface area contributed by atoms with E-state index in [1.165, 1.54) is 5.56 Å². The van der Waals surface area contributed by atoms with Crippen LogP contribution in [0.5, 0.6) is 5.75 Å². The Balaban J connectivity index is 1.95. The Labute approximate surface area is 133 Å². The number of hydrogen-bond donors (Lipinski definition) is 1. The van der Waals surface area contributed by atoms with Crippen LogP contribution in [0, 0.1) is 0 Å². The molecule has 0 unspecified atom stereocenters. The number of ether oxygens (including phenoxy) is 1. The zero-order valence-corrected chi connectivity index (χ0v) is 13.6. The number of aliphatic carboxylic acids is 1. The third-order valence-electron chi connectivity index (χ3n) is 3.16. The largest absolute Gasteiger partial charge is 0.486 e. The number of hydrogen-bond acceptors (Lipinski definition) is 5. The van der Waals surface area contributed by atoms with E-state index >= 15 is 0 Å². The van der Waals surface area contributed by atoms with Crippen molar-refractivity contribution in [2.45, 2.75) is 31.5 Å². The fourth-order valence-electron chi connectivity index (χ4n) is 1.82. The van der Waals surface area contributed by atoms with Gasteiger partial charge in [0.1, 0.15) is 12.4 Å². The van der Waals surface area contributed by atoms with E-state index in [4.69, 9.17) is 9.84 Å². The third kappa shape index (κ3) is 4.24. The molecule has 0 radical (unpaired) electrons. The summed E-state index contributed by atoms with van der Waals surface area (Å²) < 4.78 is 7.44. The average Bonchev–Trinajstić information content (AvgIpc) is 2.84. The number of nitrogens with zero attached hydrogens (tertiary/aromatic N) is 3. The molecule has 6 nitrogen and oxygen atoms in total. The smallest absolute Gasteiger partial charge is 0.313 e. The van der Waals surface area contributed by atoms with E-state index < -0.39 is 5.97 Å². The molecule has 0 bridgehead atoms. The molecule has 0 saturated heterocycles. The average molecular weight is 321 g/mol. The number of carboxylic acids is 1. The molecule has 118 valence electrons. The summed E-state index contributed by atoms with van der Waals surface area (Å²) >= 11 is 1.14. The predicted molar refractivity (Wildman–Crippen MR) is 84.2 cm³/mol. The van der Waals surface area contributed by atoms with Crippen molar-refractivity contribution in [2.75, 3.05) is 5.75 Å². The van der Waals surface area contributed by atoms with Crippen molar-refractivity contribution in [1.29, 1.82) is 0 Å². The summed E-state index contributed by atoms with van der Waals surface area (Å²) in [6, 6.07) is 7.97. The molecule has 0 saturated carbocycles. The van der Waals surface area contributed by atoms with E-state index in [9.17, 15) is 4.79 Å². The standard InChI is InChI=1S/C15H19N3O3S/c1-10(2)11-4-6-12(7-5-11)21-8-13-16-17-15(18(13)3)22-9-14(19)20/h4-7,10H,8-9H2,1-3H3,(H,19,20). The number of carbonyl (C=O) groups is 1. The van der Waals surface area contributed by atoms with Crippen LogP contribution in [0.2, 0.25) is 0 Å². The molecule has 1 N–H and O–H groups in total. The first-order valence-electron chi connectivity index (χ1n) is 6.93. The molecule has 2 aromatic rings. The highest BCUT2D eigenvalue weighted by molar-refractivity contribution is 7.99. The van der Waals surface area contributed by atoms with E-state index in [1.807, 2.05) is 24.3 Å². The Morgan fingerprint density at radius 3 is 2.59 bits per heavy atom. The first-order chi connectivity index (χ1) is 10.5. The lowest BCUT2D eigenvalue weighted by molar-refractivity contribution is -0.133. The predicted octanol–water partition coefficient (Wildman–Crippen LogP) is 2.69. The molecular weight excluding hydrogens is 302 g/mol. The number of aromatic nitrogens is 3. The fourth-order valence-corrected chi connectivity index (χ4v) is 2.47. The molecule has 0 fully saturated rings. The van der Waals surface area contributed by atoms with Gasteiger partial charge in [0.2, 0.25) is 0 Å². The maximum Gasteiger partial charge on any atom is 0.313 e. The van der Waals surface area contributed by atoms with Gasteiger partial charge in [-0.1, -0.05) is 37.7 Å². The lowest BCUT2D eigenvalue weighted by Gasteiger charge is -2.09. The van der Waals surface area contributed by atoms with Crippen LogP contribution in [0.3, 0.4) is 0 Å². The number of carboxylic acid groups (broad SMARTS) is 1. The van der Waals surface area contributed by atoms with Crippen LogP contribution in [-0.2, 0) is 18.4 Å². The van der Waals surface area contributed by atoms with Gasteiger partial charge in [0, 0.05) is 7.05 Å². The molecule has 1 heterocycles. The van der Waals surface area contributed by atoms with Gasteiger partial charge in [0.25, 0.3) is 0 Å². The zero-order chi connectivity index (χ0) is 16.1. The number of thioether (sulfide) groups is 1. The minimum atomic E-state index is -0.879. The summed E-state index contributed by atoms with van der Waals surface area (Å²) in [7, 11) is 1.80. The molecule has 2 rings (SSSR count). The fraction of sp³-hybridized carbons (Fsp3) is 0.400. The molecule has 1 aromatic carbocycles. The minimum Gasteiger partial charge on any atom is -0.486 e. The summed E-state index contributed by atoms with van der Waals surface area (Å²) in [4.78, 5) is 10.6. The summed E-state index contributed by atoms with van der Waals surface area (Å²) in [6.07, 6.45) is 0. The van der Waals surface area contributed by atoms with Gasteiger partial charge in [-0.05, 0) is 23.6 Å². The lowest BCUT2D eigenvalue weighted by Crippen LogP contribution is -2.05. The molecule has 0 atom stereocenters. The highest BCUT2D eigenvalue weighted by Crippen LogP contribution is 2.20. The molecule has 0 amide bonds. The number of rotatable bonds is 7. The molecule has 7 heteroatoms. The second-order valence-corrected chi connectivity index (χ2v) is 6.10. The molecular formula is C15H19N3O3S. The van der Waals surface area contributed by atoms with Gasteiger partial charge in [-0.3, -0.25) is 4.79 Å². The second-order valence-electron chi connectivity index (χ2n) is 5.15. The Morgan fingerprint density at radius 2 is 2.00 bits per heavy atom. The summed E-state index contributed by atoms with van der Waals surface area (Å²) in [5.74, 6) is 0.995. The second kappa shape index (κ2) is 7.31. The van der Waals surface area contributed by atoms with E-state index in [2.05, 4.69) is 24.0 Å². The number of benzene rings is 1. The van der Waals surface area contributed by atoms with Crippen LogP contribution < -0.4 is 4.74 Å². The van der Waals surface area contributed by atoms with Crippen LogP contribution in [-0.4, -0.2) is 31.6 Å². The Hall–Kier alpha value is -2.02. The van der Waals surface area contributed by atoms with E-state index in [0.717, 1.165) is 17.5 Å². The van der Waals surface area contributed by atoms with Crippen molar-refractivity contribution in [3.63, 3.8) is 0 Å². The van der Waals surface area contributed by atoms with Crippen molar-refractivity contribution >= 4 is 17.7 Å². The summed E-state index contributed by atoms with van der Waals surface area (Å²) in [5.41, 5.74) is 1.26. The first-order valence-corrected chi connectivity index (χ1v) is 7.91. The van der Waals surface area contributed by atoms with Crippen LogP contribution in [0.4, 0.5) is 0 Å². The Morgan fingerprint density at radius 1 is 1.32 bits per heavy atom. The van der Waals surface area contributed by atoms with Crippen LogP contribution >= 0.6 is 11.8 Å².